The number of nitrogens with zero attached hydrogens (tertiary/aromatic N) is 1. The summed E-state index contributed by atoms with van der Waals surface area (Å²) in [6, 6.07) is 6.85. The van der Waals surface area contributed by atoms with E-state index in [4.69, 9.17) is 19.5 Å². The first-order chi connectivity index (χ1) is 7.77. The number of fused-ring (bicyclic) bond motifs is 1. The van der Waals surface area contributed by atoms with Crippen molar-refractivity contribution in [2.45, 2.75) is 6.10 Å². The second-order valence-electron chi connectivity index (χ2n) is 3.18. The second-order valence-corrected chi connectivity index (χ2v) is 3.18. The van der Waals surface area contributed by atoms with Crippen molar-refractivity contribution in [2.75, 3.05) is 13.9 Å². The van der Waals surface area contributed by atoms with Crippen molar-refractivity contribution in [3.05, 3.63) is 29.3 Å². The highest BCUT2D eigenvalue weighted by molar-refractivity contribution is 5.95. The van der Waals surface area contributed by atoms with Gasteiger partial charge in [0.1, 0.15) is 11.8 Å². The Bertz CT molecular complexity index is 464. The number of esters is 1. The van der Waals surface area contributed by atoms with Gasteiger partial charge in [-0.15, -0.1) is 0 Å². The molecule has 1 aromatic carbocycles. The Morgan fingerprint density at radius 2 is 2.38 bits per heavy atom. The SMILES string of the molecule is COCOc1cccc2c1C(C#N)OC2=O. The average Bonchev–Trinajstić information content (AvgIpc) is 2.64. The largest absolute Gasteiger partial charge is 0.467 e. The predicted octanol–water partition coefficient (Wildman–Crippen LogP) is 1.40. The molecule has 0 saturated heterocycles. The number of benzene rings is 1. The van der Waals surface area contributed by atoms with Crippen LogP contribution in [-0.4, -0.2) is 19.9 Å². The number of hydrogen-bond donors (Lipinski definition) is 0. The average molecular weight is 219 g/mol. The van der Waals surface area contributed by atoms with Gasteiger partial charge in [0.25, 0.3) is 0 Å². The van der Waals surface area contributed by atoms with E-state index >= 15 is 0 Å². The number of cyclic esters (lactones) is 1. The van der Waals surface area contributed by atoms with E-state index in [9.17, 15) is 4.79 Å². The molecule has 0 saturated carbocycles. The highest BCUT2D eigenvalue weighted by atomic mass is 16.7. The van der Waals surface area contributed by atoms with Crippen LogP contribution in [0.4, 0.5) is 0 Å². The zero-order valence-electron chi connectivity index (χ0n) is 8.60. The van der Waals surface area contributed by atoms with Gasteiger partial charge in [-0.3, -0.25) is 0 Å². The molecule has 0 fully saturated rings. The Kier molecular flexibility index (Phi) is 2.75. The lowest BCUT2D eigenvalue weighted by molar-refractivity contribution is 0.0438. The lowest BCUT2D eigenvalue weighted by Crippen LogP contribution is -2.03. The van der Waals surface area contributed by atoms with E-state index in [1.165, 1.54) is 7.11 Å². The fourth-order valence-corrected chi connectivity index (χ4v) is 1.56. The molecule has 0 N–H and O–H groups in total. The molecule has 5 nitrogen and oxygen atoms in total. The van der Waals surface area contributed by atoms with Crippen LogP contribution < -0.4 is 4.74 Å². The van der Waals surface area contributed by atoms with Crippen LogP contribution in [0.3, 0.4) is 0 Å². The van der Waals surface area contributed by atoms with Crippen molar-refractivity contribution in [1.82, 2.24) is 0 Å². The molecule has 0 amide bonds. The second kappa shape index (κ2) is 4.21. The molecule has 5 heteroatoms. The number of nitriles is 1. The van der Waals surface area contributed by atoms with Gasteiger partial charge in [-0.2, -0.15) is 5.26 Å². The number of rotatable bonds is 3. The van der Waals surface area contributed by atoms with Crippen LogP contribution in [0.5, 0.6) is 5.75 Å². The molecule has 1 aliphatic heterocycles. The first kappa shape index (κ1) is 10.5. The van der Waals surface area contributed by atoms with Crippen molar-refractivity contribution in [1.29, 1.82) is 5.26 Å². The van der Waals surface area contributed by atoms with Crippen molar-refractivity contribution >= 4 is 5.97 Å². The zero-order chi connectivity index (χ0) is 11.5. The number of methoxy groups -OCH3 is 1. The minimum Gasteiger partial charge on any atom is -0.467 e. The molecular weight excluding hydrogens is 210 g/mol. The fraction of sp³-hybridized carbons (Fsp3) is 0.273. The third kappa shape index (κ3) is 1.59. The summed E-state index contributed by atoms with van der Waals surface area (Å²) in [7, 11) is 1.49. The van der Waals surface area contributed by atoms with Gasteiger partial charge < -0.3 is 14.2 Å². The number of carbonyl (C=O) groups excluding carboxylic acids is 1. The van der Waals surface area contributed by atoms with Crippen LogP contribution in [0.15, 0.2) is 18.2 Å². The van der Waals surface area contributed by atoms with Crippen molar-refractivity contribution in [3.63, 3.8) is 0 Å². The van der Waals surface area contributed by atoms with Gasteiger partial charge in [-0.25, -0.2) is 4.79 Å². The molecule has 82 valence electrons. The summed E-state index contributed by atoms with van der Waals surface area (Å²) in [5.41, 5.74) is 0.854. The summed E-state index contributed by atoms with van der Waals surface area (Å²) in [4.78, 5) is 11.4. The first-order valence-corrected chi connectivity index (χ1v) is 4.63. The Balaban J connectivity index is 2.42. The van der Waals surface area contributed by atoms with Gasteiger partial charge in [0.05, 0.1) is 11.1 Å². The van der Waals surface area contributed by atoms with E-state index < -0.39 is 12.1 Å². The van der Waals surface area contributed by atoms with E-state index in [-0.39, 0.29) is 6.79 Å². The Hall–Kier alpha value is -2.06. The molecular formula is C11H9NO4. The Morgan fingerprint density at radius 1 is 1.56 bits per heavy atom. The normalized spacial score (nSPS) is 17.5. The summed E-state index contributed by atoms with van der Waals surface area (Å²) < 4.78 is 14.9. The van der Waals surface area contributed by atoms with Crippen LogP contribution in [-0.2, 0) is 9.47 Å². The molecule has 1 atom stereocenters. The molecule has 0 bridgehead atoms. The summed E-state index contributed by atoms with van der Waals surface area (Å²) >= 11 is 0. The maximum Gasteiger partial charge on any atom is 0.340 e. The maximum atomic E-state index is 11.4. The Morgan fingerprint density at radius 3 is 3.06 bits per heavy atom. The van der Waals surface area contributed by atoms with Gasteiger partial charge >= 0.3 is 5.97 Å². The number of ether oxygens (including phenoxy) is 3. The predicted molar refractivity (Wildman–Crippen MR) is 52.7 cm³/mol. The molecule has 1 aromatic rings. The van der Waals surface area contributed by atoms with Gasteiger partial charge in [-0.1, -0.05) is 6.07 Å². The van der Waals surface area contributed by atoms with Gasteiger partial charge in [-0.05, 0) is 12.1 Å². The molecule has 2 rings (SSSR count). The van der Waals surface area contributed by atoms with E-state index in [1.54, 1.807) is 18.2 Å². The fourth-order valence-electron chi connectivity index (χ4n) is 1.56. The molecule has 16 heavy (non-hydrogen) atoms. The van der Waals surface area contributed by atoms with E-state index in [0.29, 0.717) is 16.9 Å². The maximum absolute atomic E-state index is 11.4. The molecule has 1 unspecified atom stereocenters. The summed E-state index contributed by atoms with van der Waals surface area (Å²) in [5, 5.41) is 8.87. The standard InChI is InChI=1S/C11H9NO4/c1-14-6-15-8-4-2-3-7-10(8)9(5-12)16-11(7)13/h2-4,9H,6H2,1H3. The minimum atomic E-state index is -0.893. The monoisotopic (exact) mass is 219 g/mol. The number of hydrogen-bond acceptors (Lipinski definition) is 5. The molecule has 1 aliphatic rings. The molecule has 0 aliphatic carbocycles. The lowest BCUT2D eigenvalue weighted by atomic mass is 10.0. The topological polar surface area (TPSA) is 68.6 Å². The van der Waals surface area contributed by atoms with Crippen LogP contribution >= 0.6 is 0 Å². The van der Waals surface area contributed by atoms with Crippen LogP contribution in [0, 0.1) is 11.3 Å². The van der Waals surface area contributed by atoms with E-state index in [1.807, 2.05) is 6.07 Å². The van der Waals surface area contributed by atoms with Crippen molar-refractivity contribution in [2.24, 2.45) is 0 Å². The minimum absolute atomic E-state index is 0.0583. The lowest BCUT2D eigenvalue weighted by Gasteiger charge is -2.09. The molecule has 0 radical (unpaired) electrons. The van der Waals surface area contributed by atoms with Crippen molar-refractivity contribution in [3.8, 4) is 11.8 Å². The summed E-state index contributed by atoms with van der Waals surface area (Å²) in [6.45, 7) is 0.0583. The number of carbonyl (C=O) groups is 1. The van der Waals surface area contributed by atoms with E-state index in [0.717, 1.165) is 0 Å². The smallest absolute Gasteiger partial charge is 0.340 e. The molecule has 1 heterocycles. The summed E-state index contributed by atoms with van der Waals surface area (Å²) in [6.07, 6.45) is -0.893. The quantitative estimate of drug-likeness (QED) is 0.567. The van der Waals surface area contributed by atoms with Gasteiger partial charge in [0.2, 0.25) is 6.10 Å². The molecule has 0 spiro atoms. The van der Waals surface area contributed by atoms with Crippen LogP contribution in [0.25, 0.3) is 0 Å². The highest BCUT2D eigenvalue weighted by Gasteiger charge is 2.34. The van der Waals surface area contributed by atoms with Crippen molar-refractivity contribution < 1.29 is 19.0 Å². The van der Waals surface area contributed by atoms with E-state index in [2.05, 4.69) is 0 Å². The summed E-state index contributed by atoms with van der Waals surface area (Å²) in [5.74, 6) is -0.0545. The highest BCUT2D eigenvalue weighted by Crippen LogP contribution is 2.37. The van der Waals surface area contributed by atoms with Crippen LogP contribution in [0.2, 0.25) is 0 Å². The van der Waals surface area contributed by atoms with Crippen LogP contribution in [0.1, 0.15) is 22.0 Å². The third-order valence-electron chi connectivity index (χ3n) is 2.22. The van der Waals surface area contributed by atoms with Gasteiger partial charge in [0, 0.05) is 7.11 Å². The third-order valence-corrected chi connectivity index (χ3v) is 2.22. The Labute approximate surface area is 92.1 Å². The van der Waals surface area contributed by atoms with Gasteiger partial charge in [0.15, 0.2) is 6.79 Å². The molecule has 0 aromatic heterocycles. The first-order valence-electron chi connectivity index (χ1n) is 4.63. The zero-order valence-corrected chi connectivity index (χ0v) is 8.60.